The topological polar surface area (TPSA) is 53.0 Å². The molecule has 0 fully saturated rings. The van der Waals surface area contributed by atoms with Gasteiger partial charge in [-0.25, -0.2) is 0 Å². The summed E-state index contributed by atoms with van der Waals surface area (Å²) in [6.45, 7) is 5.77. The minimum Gasteiger partial charge on any atom is -0.359 e. The Labute approximate surface area is 59.0 Å². The van der Waals surface area contributed by atoms with Crippen molar-refractivity contribution in [1.29, 1.82) is 0 Å². The number of rotatable bonds is 0. The molecular weight excluding hydrogens is 132 g/mol. The summed E-state index contributed by atoms with van der Waals surface area (Å²) in [6.07, 6.45) is 1.44. The van der Waals surface area contributed by atoms with E-state index in [-0.39, 0.29) is 5.41 Å². The minimum absolute atomic E-state index is 0.193. The Morgan fingerprint density at radius 3 is 2.40 bits per heavy atom. The normalized spacial score (nSPS) is 11.9. The molecule has 0 unspecified atom stereocenters. The zero-order valence-electron chi connectivity index (χ0n) is 6.29. The summed E-state index contributed by atoms with van der Waals surface area (Å²) in [6, 6.07) is 0. The molecule has 0 aliphatic heterocycles. The van der Waals surface area contributed by atoms with Gasteiger partial charge in [-0.3, -0.25) is 4.63 Å². The van der Waals surface area contributed by atoms with E-state index in [1.54, 1.807) is 0 Å². The first-order chi connectivity index (χ1) is 4.52. The molecule has 0 N–H and O–H groups in total. The summed E-state index contributed by atoms with van der Waals surface area (Å²) in [5, 5.41) is 14.1. The lowest BCUT2D eigenvalue weighted by Crippen LogP contribution is -2.34. The zero-order valence-corrected chi connectivity index (χ0v) is 6.29. The highest BCUT2D eigenvalue weighted by atomic mass is 16.8. The predicted molar refractivity (Wildman–Crippen MR) is 34.2 cm³/mol. The van der Waals surface area contributed by atoms with Gasteiger partial charge in [-0.2, -0.15) is 0 Å². The number of aromatic nitrogens is 2. The number of hydrogen-bond donors (Lipinski definition) is 0. The molecule has 1 rings (SSSR count). The van der Waals surface area contributed by atoms with Crippen LogP contribution >= 0.6 is 0 Å². The first-order valence-electron chi connectivity index (χ1n) is 3.07. The van der Waals surface area contributed by atoms with E-state index in [2.05, 4.69) is 9.79 Å². The Morgan fingerprint density at radius 2 is 2.20 bits per heavy atom. The molecular formula is C6H10N2O2. The summed E-state index contributed by atoms with van der Waals surface area (Å²) < 4.78 is 4.30. The Morgan fingerprint density at radius 1 is 1.60 bits per heavy atom. The molecule has 1 aromatic heterocycles. The van der Waals surface area contributed by atoms with Crippen LogP contribution in [0.4, 0.5) is 0 Å². The quantitative estimate of drug-likeness (QED) is 0.498. The van der Waals surface area contributed by atoms with Gasteiger partial charge in [0.05, 0.1) is 0 Å². The van der Waals surface area contributed by atoms with E-state index in [9.17, 15) is 5.21 Å². The van der Waals surface area contributed by atoms with Crippen LogP contribution in [-0.4, -0.2) is 5.16 Å². The van der Waals surface area contributed by atoms with E-state index >= 15 is 0 Å². The van der Waals surface area contributed by atoms with Crippen LogP contribution in [0.25, 0.3) is 0 Å². The lowest BCUT2D eigenvalue weighted by atomic mass is 9.93. The van der Waals surface area contributed by atoms with Gasteiger partial charge in [0.2, 0.25) is 11.9 Å². The van der Waals surface area contributed by atoms with E-state index in [0.717, 1.165) is 0 Å². The van der Waals surface area contributed by atoms with Crippen LogP contribution in [-0.2, 0) is 5.41 Å². The fourth-order valence-electron chi connectivity index (χ4n) is 0.675. The van der Waals surface area contributed by atoms with Gasteiger partial charge in [0.1, 0.15) is 0 Å². The van der Waals surface area contributed by atoms with Gasteiger partial charge in [0, 0.05) is 10.6 Å². The second-order valence-electron chi connectivity index (χ2n) is 3.21. The van der Waals surface area contributed by atoms with Crippen molar-refractivity contribution in [2.45, 2.75) is 26.2 Å². The van der Waals surface area contributed by atoms with E-state index < -0.39 is 0 Å². The van der Waals surface area contributed by atoms with Crippen LogP contribution in [0.5, 0.6) is 0 Å². The number of hydrogen-bond acceptors (Lipinski definition) is 3. The van der Waals surface area contributed by atoms with E-state index in [4.69, 9.17) is 0 Å². The van der Waals surface area contributed by atoms with Crippen molar-refractivity contribution < 1.29 is 9.53 Å². The van der Waals surface area contributed by atoms with Gasteiger partial charge in [0.15, 0.2) is 0 Å². The van der Waals surface area contributed by atoms with Gasteiger partial charge in [-0.1, -0.05) is 20.8 Å². The van der Waals surface area contributed by atoms with Gasteiger partial charge >= 0.3 is 0 Å². The standard InChI is InChI=1S/C6H10N2O2/c1-6(2,3)5-4-7-10-8(5)9/h4H,1-3H3. The smallest absolute Gasteiger partial charge is 0.209 e. The first-order valence-corrected chi connectivity index (χ1v) is 3.07. The summed E-state index contributed by atoms with van der Waals surface area (Å²) in [5.41, 5.74) is 0.356. The van der Waals surface area contributed by atoms with Crippen molar-refractivity contribution in [3.05, 3.63) is 17.1 Å². The highest BCUT2D eigenvalue weighted by Gasteiger charge is 2.23. The van der Waals surface area contributed by atoms with Crippen molar-refractivity contribution in [2.24, 2.45) is 0 Å². The molecule has 10 heavy (non-hydrogen) atoms. The molecule has 4 nitrogen and oxygen atoms in total. The molecule has 56 valence electrons. The van der Waals surface area contributed by atoms with Crippen molar-refractivity contribution in [1.82, 2.24) is 5.16 Å². The maximum atomic E-state index is 10.8. The third-order valence-corrected chi connectivity index (χ3v) is 1.26. The zero-order chi connectivity index (χ0) is 7.78. The van der Waals surface area contributed by atoms with Crippen LogP contribution in [0.3, 0.4) is 0 Å². The molecule has 0 bridgehead atoms. The second kappa shape index (κ2) is 1.97. The molecule has 0 saturated heterocycles. The molecule has 0 aliphatic rings. The molecule has 1 aromatic rings. The molecule has 0 aliphatic carbocycles. The van der Waals surface area contributed by atoms with Crippen LogP contribution in [0.2, 0.25) is 0 Å². The molecule has 0 amide bonds. The SMILES string of the molecule is CC(C)(C)c1cno[n+]1[O-]. The van der Waals surface area contributed by atoms with Crippen molar-refractivity contribution >= 4 is 0 Å². The fraction of sp³-hybridized carbons (Fsp3) is 0.667. The monoisotopic (exact) mass is 142 g/mol. The van der Waals surface area contributed by atoms with Crippen LogP contribution in [0.15, 0.2) is 10.8 Å². The van der Waals surface area contributed by atoms with Crippen LogP contribution < -0.4 is 4.90 Å². The maximum Gasteiger partial charge on any atom is 0.209 e. The molecule has 0 aromatic carbocycles. The van der Waals surface area contributed by atoms with Crippen LogP contribution in [0.1, 0.15) is 26.5 Å². The Bertz CT molecular complexity index is 224. The van der Waals surface area contributed by atoms with Gasteiger partial charge < -0.3 is 5.21 Å². The lowest BCUT2D eigenvalue weighted by Gasteiger charge is -2.11. The van der Waals surface area contributed by atoms with Crippen molar-refractivity contribution in [3.63, 3.8) is 0 Å². The van der Waals surface area contributed by atoms with Gasteiger partial charge in [0.25, 0.3) is 0 Å². The molecule has 0 atom stereocenters. The third kappa shape index (κ3) is 1.10. The molecule has 4 heteroatoms. The van der Waals surface area contributed by atoms with Crippen molar-refractivity contribution in [3.8, 4) is 0 Å². The second-order valence-corrected chi connectivity index (χ2v) is 3.21. The summed E-state index contributed by atoms with van der Waals surface area (Å²) in [4.78, 5) is 0.431. The van der Waals surface area contributed by atoms with Crippen LogP contribution in [0, 0.1) is 5.21 Å². The van der Waals surface area contributed by atoms with E-state index in [0.29, 0.717) is 10.6 Å². The first kappa shape index (κ1) is 7.05. The highest BCUT2D eigenvalue weighted by Crippen LogP contribution is 2.16. The van der Waals surface area contributed by atoms with E-state index in [1.807, 2.05) is 20.8 Å². The largest absolute Gasteiger partial charge is 0.359 e. The van der Waals surface area contributed by atoms with E-state index in [1.165, 1.54) is 6.20 Å². The molecule has 0 saturated carbocycles. The van der Waals surface area contributed by atoms with Gasteiger partial charge in [-0.05, 0) is 4.90 Å². The van der Waals surface area contributed by atoms with Crippen molar-refractivity contribution in [2.75, 3.05) is 0 Å². The molecule has 0 radical (unpaired) electrons. The Balaban J connectivity index is 3.05. The average Bonchev–Trinajstić information content (AvgIpc) is 2.11. The Hall–Kier alpha value is -1.06. The lowest BCUT2D eigenvalue weighted by molar-refractivity contribution is -0.810. The summed E-state index contributed by atoms with van der Waals surface area (Å²) >= 11 is 0. The van der Waals surface area contributed by atoms with Gasteiger partial charge in [-0.15, -0.1) is 0 Å². The third-order valence-electron chi connectivity index (χ3n) is 1.26. The maximum absolute atomic E-state index is 10.8. The fourth-order valence-corrected chi connectivity index (χ4v) is 0.675. The number of nitrogens with zero attached hydrogens (tertiary/aromatic N) is 2. The molecule has 0 spiro atoms. The predicted octanol–water partition coefficient (Wildman–Crippen LogP) is 0.606. The molecule has 1 heterocycles. The average molecular weight is 142 g/mol. The highest BCUT2D eigenvalue weighted by molar-refractivity contribution is 4.99. The minimum atomic E-state index is -0.193. The summed E-state index contributed by atoms with van der Waals surface area (Å²) in [7, 11) is 0. The Kier molecular flexibility index (Phi) is 1.39. The summed E-state index contributed by atoms with van der Waals surface area (Å²) in [5.74, 6) is 0.